The standard InChI is InChI=1S/C38H40FNO9S/c1-4-32(41)36-30-21-29(25-11-12-25)31(22-35(30)49-37(36)26-13-15-28(39)16-14-26)40(50(3,45)46)17-19-47-18-7-9-24-8-6-10-27(20-24)33(42)23-34(43)38(44)48-5-2/h6,8,10,13-16,20-23,25,42H,4-5,7,9,11-12,17-19H2,1-3H3. The fourth-order valence-electron chi connectivity index (χ4n) is 5.79. The predicted molar refractivity (Wildman–Crippen MR) is 188 cm³/mol. The number of fused-ring (bicyclic) bond motifs is 1. The summed E-state index contributed by atoms with van der Waals surface area (Å²) in [6.45, 7) is 3.90. The van der Waals surface area contributed by atoms with Gasteiger partial charge in [0, 0.05) is 41.7 Å². The molecule has 1 saturated carbocycles. The molecule has 0 spiro atoms. The van der Waals surface area contributed by atoms with Crippen LogP contribution in [0.4, 0.5) is 10.1 Å². The van der Waals surface area contributed by atoms with Crippen LogP contribution in [0.3, 0.4) is 0 Å². The minimum Gasteiger partial charge on any atom is -0.507 e. The predicted octanol–water partition coefficient (Wildman–Crippen LogP) is 7.16. The molecule has 10 nitrogen and oxygen atoms in total. The molecule has 1 N–H and O–H groups in total. The molecule has 1 aromatic heterocycles. The van der Waals surface area contributed by atoms with Crippen LogP contribution < -0.4 is 4.31 Å². The van der Waals surface area contributed by atoms with E-state index in [1.54, 1.807) is 50.2 Å². The summed E-state index contributed by atoms with van der Waals surface area (Å²) in [5, 5.41) is 10.9. The summed E-state index contributed by atoms with van der Waals surface area (Å²) in [5.74, 6) is -2.42. The van der Waals surface area contributed by atoms with Crippen molar-refractivity contribution in [3.8, 4) is 11.3 Å². The second-order valence-electron chi connectivity index (χ2n) is 12.1. The molecule has 0 radical (unpaired) electrons. The first-order valence-corrected chi connectivity index (χ1v) is 18.4. The second-order valence-corrected chi connectivity index (χ2v) is 14.0. The number of carbonyl (C=O) groups is 3. The Labute approximate surface area is 290 Å². The number of hydrogen-bond acceptors (Lipinski definition) is 9. The minimum atomic E-state index is -3.74. The fraction of sp³-hybridized carbons (Fsp3) is 0.342. The smallest absolute Gasteiger partial charge is 0.379 e. The Morgan fingerprint density at radius 3 is 2.44 bits per heavy atom. The van der Waals surface area contributed by atoms with E-state index in [1.165, 1.54) is 16.4 Å². The van der Waals surface area contributed by atoms with Gasteiger partial charge in [0.25, 0.3) is 5.78 Å². The topological polar surface area (TPSA) is 140 Å². The molecule has 0 saturated heterocycles. The number of esters is 1. The highest BCUT2D eigenvalue weighted by Gasteiger charge is 2.33. The molecule has 4 aromatic rings. The van der Waals surface area contributed by atoms with E-state index >= 15 is 0 Å². The Morgan fingerprint density at radius 2 is 1.78 bits per heavy atom. The number of Topliss-reactive ketones (excluding diaryl/α,β-unsaturated/α-hetero) is 1. The summed E-state index contributed by atoms with van der Waals surface area (Å²) in [4.78, 5) is 36.7. The van der Waals surface area contributed by atoms with E-state index in [1.807, 2.05) is 12.1 Å². The van der Waals surface area contributed by atoms with Gasteiger partial charge in [0.05, 0.1) is 37.3 Å². The molecule has 1 aliphatic rings. The summed E-state index contributed by atoms with van der Waals surface area (Å²) in [7, 11) is -3.74. The third-order valence-corrected chi connectivity index (χ3v) is 9.57. The fourth-order valence-corrected chi connectivity index (χ4v) is 6.71. The van der Waals surface area contributed by atoms with Crippen LogP contribution in [0.25, 0.3) is 28.1 Å². The van der Waals surface area contributed by atoms with Crippen molar-refractivity contribution < 1.29 is 46.2 Å². The largest absolute Gasteiger partial charge is 0.507 e. The van der Waals surface area contributed by atoms with Crippen LogP contribution in [0.1, 0.15) is 72.5 Å². The number of ether oxygens (including phenoxy) is 2. The Balaban J connectivity index is 1.29. The molecule has 0 atom stereocenters. The number of rotatable bonds is 17. The lowest BCUT2D eigenvalue weighted by Gasteiger charge is -2.25. The van der Waals surface area contributed by atoms with Gasteiger partial charge in [0.1, 0.15) is 22.9 Å². The van der Waals surface area contributed by atoms with Gasteiger partial charge < -0.3 is 19.0 Å². The minimum absolute atomic E-state index is 0.0507. The third-order valence-electron chi connectivity index (χ3n) is 8.39. The number of aliphatic hydroxyl groups is 1. The number of aliphatic hydroxyl groups excluding tert-OH is 1. The van der Waals surface area contributed by atoms with E-state index in [0.29, 0.717) is 58.6 Å². The number of furan rings is 1. The molecule has 1 fully saturated rings. The van der Waals surface area contributed by atoms with Gasteiger partial charge in [-0.15, -0.1) is 0 Å². The highest BCUT2D eigenvalue weighted by molar-refractivity contribution is 7.92. The van der Waals surface area contributed by atoms with Crippen LogP contribution in [-0.4, -0.2) is 63.7 Å². The summed E-state index contributed by atoms with van der Waals surface area (Å²) in [6, 6.07) is 16.2. The van der Waals surface area contributed by atoms with E-state index in [-0.39, 0.29) is 43.6 Å². The number of halogens is 1. The molecular formula is C38H40FNO9S. The zero-order valence-electron chi connectivity index (χ0n) is 28.2. The van der Waals surface area contributed by atoms with E-state index < -0.39 is 27.6 Å². The third kappa shape index (κ3) is 8.67. The van der Waals surface area contributed by atoms with E-state index in [4.69, 9.17) is 9.15 Å². The molecular weight excluding hydrogens is 665 g/mol. The summed E-state index contributed by atoms with van der Waals surface area (Å²) in [5.41, 5.74) is 3.86. The van der Waals surface area contributed by atoms with E-state index in [9.17, 15) is 32.3 Å². The molecule has 0 amide bonds. The van der Waals surface area contributed by atoms with E-state index in [0.717, 1.165) is 36.3 Å². The first-order valence-electron chi connectivity index (χ1n) is 16.6. The normalized spacial score (nSPS) is 13.4. The van der Waals surface area contributed by atoms with Crippen molar-refractivity contribution in [2.24, 2.45) is 0 Å². The van der Waals surface area contributed by atoms with Gasteiger partial charge in [-0.3, -0.25) is 13.9 Å². The molecule has 12 heteroatoms. The van der Waals surface area contributed by atoms with Gasteiger partial charge in [0.2, 0.25) is 10.0 Å². The number of nitrogens with zero attached hydrogens (tertiary/aromatic N) is 1. The summed E-state index contributed by atoms with van der Waals surface area (Å²) >= 11 is 0. The zero-order valence-corrected chi connectivity index (χ0v) is 29.1. The van der Waals surface area contributed by atoms with Crippen molar-refractivity contribution in [2.45, 2.75) is 51.9 Å². The molecule has 0 bridgehead atoms. The van der Waals surface area contributed by atoms with Crippen LogP contribution in [0, 0.1) is 5.82 Å². The van der Waals surface area contributed by atoms with Crippen molar-refractivity contribution in [2.75, 3.05) is 36.9 Å². The number of hydrogen-bond donors (Lipinski definition) is 1. The molecule has 1 aliphatic carbocycles. The monoisotopic (exact) mass is 705 g/mol. The van der Waals surface area contributed by atoms with Gasteiger partial charge in [-0.25, -0.2) is 17.6 Å². The quantitative estimate of drug-likeness (QED) is 0.0303. The molecule has 0 unspecified atom stereocenters. The Bertz CT molecular complexity index is 2030. The number of sulfonamides is 1. The van der Waals surface area contributed by atoms with Crippen LogP contribution in [-0.2, 0) is 35.5 Å². The van der Waals surface area contributed by atoms with Crippen molar-refractivity contribution in [3.63, 3.8) is 0 Å². The maximum Gasteiger partial charge on any atom is 0.379 e. The lowest BCUT2D eigenvalue weighted by Crippen LogP contribution is -2.34. The number of ketones is 2. The van der Waals surface area contributed by atoms with Gasteiger partial charge in [-0.1, -0.05) is 25.1 Å². The second kappa shape index (κ2) is 15.8. The first kappa shape index (κ1) is 36.5. The Hall–Kier alpha value is -4.81. The van der Waals surface area contributed by atoms with Gasteiger partial charge in [0.15, 0.2) is 5.78 Å². The SMILES string of the molecule is CCOC(=O)C(=O)C=C(O)c1cccc(CCCOCCN(c2cc3oc(-c4ccc(F)cc4)c(C(=O)CC)c3cc2C2CC2)S(C)(=O)=O)c1. The van der Waals surface area contributed by atoms with Crippen molar-refractivity contribution in [3.05, 3.63) is 94.8 Å². The lowest BCUT2D eigenvalue weighted by molar-refractivity contribution is -0.151. The van der Waals surface area contributed by atoms with Gasteiger partial charge in [-0.05, 0) is 86.1 Å². The summed E-state index contributed by atoms with van der Waals surface area (Å²) in [6.07, 6.45) is 5.17. The van der Waals surface area contributed by atoms with Gasteiger partial charge >= 0.3 is 5.97 Å². The van der Waals surface area contributed by atoms with Crippen molar-refractivity contribution in [1.82, 2.24) is 0 Å². The highest BCUT2D eigenvalue weighted by Crippen LogP contribution is 2.48. The van der Waals surface area contributed by atoms with Crippen LogP contribution >= 0.6 is 0 Å². The number of aryl methyl sites for hydroxylation is 1. The first-order chi connectivity index (χ1) is 23.9. The maximum absolute atomic E-state index is 13.7. The number of benzene rings is 3. The number of carbonyl (C=O) groups excluding carboxylic acids is 3. The molecule has 3 aromatic carbocycles. The van der Waals surface area contributed by atoms with Crippen LogP contribution in [0.2, 0.25) is 0 Å². The zero-order chi connectivity index (χ0) is 36.0. The Morgan fingerprint density at radius 1 is 1.04 bits per heavy atom. The van der Waals surface area contributed by atoms with Crippen LogP contribution in [0.5, 0.6) is 0 Å². The average Bonchev–Trinajstić information content (AvgIpc) is 3.87. The van der Waals surface area contributed by atoms with Gasteiger partial charge in [-0.2, -0.15) is 0 Å². The molecule has 50 heavy (non-hydrogen) atoms. The number of anilines is 1. The Kier molecular flexibility index (Phi) is 11.5. The molecule has 264 valence electrons. The van der Waals surface area contributed by atoms with Crippen LogP contribution in [0.15, 0.2) is 71.2 Å². The maximum atomic E-state index is 13.7. The molecule has 1 heterocycles. The summed E-state index contributed by atoms with van der Waals surface area (Å²) < 4.78 is 58.0. The van der Waals surface area contributed by atoms with Crippen molar-refractivity contribution >= 4 is 50.0 Å². The highest BCUT2D eigenvalue weighted by atomic mass is 32.2. The van der Waals surface area contributed by atoms with E-state index in [2.05, 4.69) is 4.74 Å². The average molecular weight is 706 g/mol. The molecule has 0 aliphatic heterocycles. The molecule has 5 rings (SSSR count). The lowest BCUT2D eigenvalue weighted by atomic mass is 9.97. The van der Waals surface area contributed by atoms with Crippen molar-refractivity contribution in [1.29, 1.82) is 0 Å².